The van der Waals surface area contributed by atoms with E-state index in [1.165, 1.54) is 23.9 Å². The molecule has 2 aromatic carbocycles. The number of aromatic nitrogens is 2. The Hall–Kier alpha value is -2.91. The quantitative estimate of drug-likeness (QED) is 0.401. The van der Waals surface area contributed by atoms with Crippen molar-refractivity contribution in [2.75, 3.05) is 0 Å². The van der Waals surface area contributed by atoms with Crippen LogP contribution in [0, 0.1) is 17.1 Å². The van der Waals surface area contributed by atoms with Gasteiger partial charge in [-0.3, -0.25) is 0 Å². The Labute approximate surface area is 168 Å². The lowest BCUT2D eigenvalue weighted by Crippen LogP contribution is -2.14. The molecule has 0 bridgehead atoms. The molecule has 6 heteroatoms. The second kappa shape index (κ2) is 8.41. The van der Waals surface area contributed by atoms with Gasteiger partial charge in [0.2, 0.25) is 5.88 Å². The van der Waals surface area contributed by atoms with E-state index in [1.54, 1.807) is 24.3 Å². The number of benzene rings is 2. The largest absolute Gasteiger partial charge is 0.439 e. The van der Waals surface area contributed by atoms with Crippen molar-refractivity contribution in [3.05, 3.63) is 77.2 Å². The van der Waals surface area contributed by atoms with Gasteiger partial charge in [-0.2, -0.15) is 10.2 Å². The van der Waals surface area contributed by atoms with Crippen molar-refractivity contribution in [3.8, 4) is 17.7 Å². The van der Waals surface area contributed by atoms with Crippen molar-refractivity contribution in [2.45, 2.75) is 37.1 Å². The highest BCUT2D eigenvalue weighted by Gasteiger charge is 2.19. The first kappa shape index (κ1) is 19.8. The van der Waals surface area contributed by atoms with Gasteiger partial charge in [0.25, 0.3) is 0 Å². The number of hydrogen-bond acceptors (Lipinski definition) is 5. The normalized spacial score (nSPS) is 11.1. The first-order chi connectivity index (χ1) is 13.3. The molecule has 0 aliphatic rings. The number of nitrogens with zero attached hydrogens (tertiary/aromatic N) is 3. The zero-order chi connectivity index (χ0) is 20.1. The summed E-state index contributed by atoms with van der Waals surface area (Å²) in [4.78, 5) is 9.15. The number of ether oxygens (including phenoxy) is 1. The molecule has 28 heavy (non-hydrogen) atoms. The van der Waals surface area contributed by atoms with Crippen LogP contribution in [0.2, 0.25) is 0 Å². The van der Waals surface area contributed by atoms with E-state index in [0.29, 0.717) is 28.1 Å². The van der Waals surface area contributed by atoms with E-state index in [9.17, 15) is 9.65 Å². The van der Waals surface area contributed by atoms with E-state index < -0.39 is 0 Å². The summed E-state index contributed by atoms with van der Waals surface area (Å²) in [5.41, 5.74) is 2.23. The van der Waals surface area contributed by atoms with Gasteiger partial charge < -0.3 is 4.74 Å². The van der Waals surface area contributed by atoms with E-state index in [4.69, 9.17) is 4.74 Å². The molecule has 0 saturated heterocycles. The van der Waals surface area contributed by atoms with E-state index in [1.807, 2.05) is 18.2 Å². The van der Waals surface area contributed by atoms with Crippen LogP contribution < -0.4 is 4.74 Å². The molecular weight excluding hydrogens is 373 g/mol. The third-order valence-corrected chi connectivity index (χ3v) is 4.88. The van der Waals surface area contributed by atoms with Crippen LogP contribution in [-0.2, 0) is 11.2 Å². The predicted octanol–water partition coefficient (Wildman–Crippen LogP) is 5.87. The molecule has 0 aliphatic carbocycles. The molecule has 3 aromatic rings. The molecule has 4 nitrogen and oxygen atoms in total. The Kier molecular flexibility index (Phi) is 5.96. The summed E-state index contributed by atoms with van der Waals surface area (Å²) in [5.74, 6) is 1.17. The van der Waals surface area contributed by atoms with Crippen LogP contribution in [-0.4, -0.2) is 9.97 Å². The van der Waals surface area contributed by atoms with Gasteiger partial charge in [-0.1, -0.05) is 50.7 Å². The monoisotopic (exact) mass is 393 g/mol. The summed E-state index contributed by atoms with van der Waals surface area (Å²) in [6.07, 6.45) is 0. The fraction of sp³-hybridized carbons (Fsp3) is 0.227. The van der Waals surface area contributed by atoms with Gasteiger partial charge in [-0.15, -0.1) is 0 Å². The Morgan fingerprint density at radius 2 is 1.79 bits per heavy atom. The summed E-state index contributed by atoms with van der Waals surface area (Å²) in [6, 6.07) is 17.3. The second-order valence-corrected chi connectivity index (χ2v) is 8.18. The first-order valence-corrected chi connectivity index (χ1v) is 9.77. The molecule has 0 fully saturated rings. The van der Waals surface area contributed by atoms with Crippen LogP contribution >= 0.6 is 11.8 Å². The Morgan fingerprint density at radius 1 is 1.07 bits per heavy atom. The fourth-order valence-corrected chi connectivity index (χ4v) is 3.28. The average Bonchev–Trinajstić information content (AvgIpc) is 2.67. The molecule has 0 spiro atoms. The maximum Gasteiger partial charge on any atom is 0.223 e. The topological polar surface area (TPSA) is 58.8 Å². The maximum atomic E-state index is 13.1. The van der Waals surface area contributed by atoms with Gasteiger partial charge >= 0.3 is 0 Å². The molecule has 0 unspecified atom stereocenters. The van der Waals surface area contributed by atoms with Crippen LogP contribution in [0.4, 0.5) is 4.39 Å². The summed E-state index contributed by atoms with van der Waals surface area (Å²) in [7, 11) is 0. The Morgan fingerprint density at radius 3 is 2.46 bits per heavy atom. The molecule has 0 N–H and O–H groups in total. The number of rotatable bonds is 5. The van der Waals surface area contributed by atoms with Gasteiger partial charge in [0, 0.05) is 17.2 Å². The van der Waals surface area contributed by atoms with Gasteiger partial charge in [0.1, 0.15) is 11.6 Å². The third kappa shape index (κ3) is 5.08. The van der Waals surface area contributed by atoms with Gasteiger partial charge in [0.15, 0.2) is 5.16 Å². The lowest BCUT2D eigenvalue weighted by Gasteiger charge is -2.19. The third-order valence-electron chi connectivity index (χ3n) is 3.98. The average molecular weight is 393 g/mol. The molecule has 1 heterocycles. The Bertz CT molecular complexity index is 1010. The number of thioether (sulfide) groups is 1. The van der Waals surface area contributed by atoms with E-state index in [-0.39, 0.29) is 11.2 Å². The minimum atomic E-state index is -0.321. The zero-order valence-corrected chi connectivity index (χ0v) is 16.8. The van der Waals surface area contributed by atoms with E-state index >= 15 is 0 Å². The molecule has 142 valence electrons. The first-order valence-electron chi connectivity index (χ1n) is 8.79. The van der Waals surface area contributed by atoms with Crippen molar-refractivity contribution in [1.29, 1.82) is 5.26 Å². The number of halogens is 1. The van der Waals surface area contributed by atoms with Crippen LogP contribution in [0.3, 0.4) is 0 Å². The van der Waals surface area contributed by atoms with E-state index in [0.717, 1.165) is 11.3 Å². The van der Waals surface area contributed by atoms with Crippen molar-refractivity contribution >= 4 is 11.8 Å². The SMILES string of the molecule is CC(C)(C)c1cc(Oc2ccc(F)cc2)nc(SCc2ccccc2C#N)n1. The van der Waals surface area contributed by atoms with Crippen LogP contribution in [0.1, 0.15) is 37.6 Å². The molecule has 0 amide bonds. The predicted molar refractivity (Wildman–Crippen MR) is 108 cm³/mol. The van der Waals surface area contributed by atoms with E-state index in [2.05, 4.69) is 36.8 Å². The summed E-state index contributed by atoms with van der Waals surface area (Å²) < 4.78 is 18.9. The van der Waals surface area contributed by atoms with Crippen molar-refractivity contribution in [1.82, 2.24) is 9.97 Å². The highest BCUT2D eigenvalue weighted by molar-refractivity contribution is 7.98. The second-order valence-electron chi connectivity index (χ2n) is 7.24. The summed E-state index contributed by atoms with van der Waals surface area (Å²) >= 11 is 1.45. The van der Waals surface area contributed by atoms with Gasteiger partial charge in [0.05, 0.1) is 17.3 Å². The lowest BCUT2D eigenvalue weighted by molar-refractivity contribution is 0.445. The smallest absolute Gasteiger partial charge is 0.223 e. The van der Waals surface area contributed by atoms with Crippen molar-refractivity contribution < 1.29 is 9.13 Å². The molecule has 3 rings (SSSR count). The summed E-state index contributed by atoms with van der Waals surface area (Å²) in [6.45, 7) is 6.20. The standard InChI is InChI=1S/C22H20FN3OS/c1-22(2,3)19-12-20(27-18-10-8-17(23)9-11-18)26-21(25-19)28-14-16-7-5-4-6-15(16)13-24/h4-12H,14H2,1-3H3. The minimum Gasteiger partial charge on any atom is -0.439 e. The van der Waals surface area contributed by atoms with Gasteiger partial charge in [-0.25, -0.2) is 9.37 Å². The maximum absolute atomic E-state index is 13.1. The molecule has 1 aromatic heterocycles. The number of nitriles is 1. The molecular formula is C22H20FN3OS. The van der Waals surface area contributed by atoms with Crippen LogP contribution in [0.5, 0.6) is 11.6 Å². The lowest BCUT2D eigenvalue weighted by atomic mass is 9.92. The van der Waals surface area contributed by atoms with Crippen LogP contribution in [0.15, 0.2) is 59.8 Å². The fourth-order valence-electron chi connectivity index (χ4n) is 2.43. The molecule has 0 atom stereocenters. The zero-order valence-electron chi connectivity index (χ0n) is 15.9. The summed E-state index contributed by atoms with van der Waals surface area (Å²) in [5, 5.41) is 9.82. The number of hydrogen-bond donors (Lipinski definition) is 0. The molecule has 0 radical (unpaired) electrons. The minimum absolute atomic E-state index is 0.191. The van der Waals surface area contributed by atoms with Crippen molar-refractivity contribution in [2.24, 2.45) is 0 Å². The van der Waals surface area contributed by atoms with Crippen molar-refractivity contribution in [3.63, 3.8) is 0 Å². The highest BCUT2D eigenvalue weighted by atomic mass is 32.2. The Balaban J connectivity index is 1.87. The van der Waals surface area contributed by atoms with Gasteiger partial charge in [-0.05, 0) is 35.9 Å². The molecule has 0 saturated carbocycles. The van der Waals surface area contributed by atoms with Crippen LogP contribution in [0.25, 0.3) is 0 Å². The highest BCUT2D eigenvalue weighted by Crippen LogP contribution is 2.30. The molecule has 0 aliphatic heterocycles.